The SMILES string of the molecule is CCOC(=O)c1ccccc1Nc1c([N+](=O)[O-])c(=O)oc2ccccc12. The van der Waals surface area contributed by atoms with Crippen LogP contribution in [0.2, 0.25) is 0 Å². The summed E-state index contributed by atoms with van der Waals surface area (Å²) >= 11 is 0. The second kappa shape index (κ2) is 7.06. The minimum absolute atomic E-state index is 0.0430. The zero-order chi connectivity index (χ0) is 18.7. The normalized spacial score (nSPS) is 10.5. The Morgan fingerprint density at radius 1 is 1.19 bits per heavy atom. The van der Waals surface area contributed by atoms with E-state index in [0.717, 1.165) is 0 Å². The van der Waals surface area contributed by atoms with Crippen LogP contribution in [0.5, 0.6) is 0 Å². The number of carbonyl (C=O) groups excluding carboxylic acids is 1. The van der Waals surface area contributed by atoms with Crippen LogP contribution in [0, 0.1) is 10.1 Å². The van der Waals surface area contributed by atoms with E-state index in [9.17, 15) is 19.7 Å². The number of fused-ring (bicyclic) bond motifs is 1. The van der Waals surface area contributed by atoms with E-state index in [2.05, 4.69) is 5.32 Å². The quantitative estimate of drug-likeness (QED) is 0.322. The van der Waals surface area contributed by atoms with Crippen LogP contribution in [0.25, 0.3) is 11.0 Å². The van der Waals surface area contributed by atoms with Gasteiger partial charge in [-0.25, -0.2) is 9.59 Å². The van der Waals surface area contributed by atoms with E-state index in [4.69, 9.17) is 9.15 Å². The van der Waals surface area contributed by atoms with Gasteiger partial charge in [-0.1, -0.05) is 24.3 Å². The highest BCUT2D eigenvalue weighted by Crippen LogP contribution is 2.33. The molecule has 0 amide bonds. The molecule has 1 aromatic heterocycles. The van der Waals surface area contributed by atoms with Crippen LogP contribution < -0.4 is 10.9 Å². The number of esters is 1. The van der Waals surface area contributed by atoms with Crippen LogP contribution in [0.1, 0.15) is 17.3 Å². The molecule has 1 heterocycles. The molecule has 0 saturated carbocycles. The van der Waals surface area contributed by atoms with Gasteiger partial charge in [0.15, 0.2) is 0 Å². The van der Waals surface area contributed by atoms with E-state index >= 15 is 0 Å². The number of benzene rings is 2. The summed E-state index contributed by atoms with van der Waals surface area (Å²) in [7, 11) is 0. The van der Waals surface area contributed by atoms with Crippen LogP contribution in [0.15, 0.2) is 57.7 Å². The number of nitrogens with zero attached hydrogens (tertiary/aromatic N) is 1. The first-order chi connectivity index (χ1) is 12.5. The third-order valence-corrected chi connectivity index (χ3v) is 3.65. The molecule has 132 valence electrons. The van der Waals surface area contributed by atoms with Gasteiger partial charge in [0.2, 0.25) is 0 Å². The van der Waals surface area contributed by atoms with Crippen molar-refractivity contribution in [1.29, 1.82) is 0 Å². The Bertz CT molecular complexity index is 1060. The van der Waals surface area contributed by atoms with Crippen LogP contribution >= 0.6 is 0 Å². The fraction of sp³-hybridized carbons (Fsp3) is 0.111. The molecule has 3 aromatic rings. The first kappa shape index (κ1) is 17.2. The first-order valence-electron chi connectivity index (χ1n) is 7.76. The Hall–Kier alpha value is -3.68. The monoisotopic (exact) mass is 354 g/mol. The molecule has 8 nitrogen and oxygen atoms in total. The number of hydrogen-bond acceptors (Lipinski definition) is 7. The first-order valence-corrected chi connectivity index (χ1v) is 7.76. The topological polar surface area (TPSA) is 112 Å². The molecule has 2 aromatic carbocycles. The van der Waals surface area contributed by atoms with Crippen molar-refractivity contribution in [2.45, 2.75) is 6.92 Å². The highest BCUT2D eigenvalue weighted by molar-refractivity contribution is 6.01. The van der Waals surface area contributed by atoms with Gasteiger partial charge in [0, 0.05) is 5.39 Å². The lowest BCUT2D eigenvalue weighted by Gasteiger charge is -2.12. The number of para-hydroxylation sites is 2. The Kier molecular flexibility index (Phi) is 4.66. The molecule has 0 aliphatic rings. The predicted molar refractivity (Wildman–Crippen MR) is 94.8 cm³/mol. The lowest BCUT2D eigenvalue weighted by atomic mass is 10.1. The van der Waals surface area contributed by atoms with Crippen molar-refractivity contribution in [1.82, 2.24) is 0 Å². The molecule has 0 spiro atoms. The van der Waals surface area contributed by atoms with Gasteiger partial charge in [0.25, 0.3) is 0 Å². The number of anilines is 2. The average Bonchev–Trinajstić information content (AvgIpc) is 2.62. The summed E-state index contributed by atoms with van der Waals surface area (Å²) in [4.78, 5) is 34.8. The van der Waals surface area contributed by atoms with E-state index in [1.54, 1.807) is 43.3 Å². The van der Waals surface area contributed by atoms with Crippen molar-refractivity contribution in [3.63, 3.8) is 0 Å². The summed E-state index contributed by atoms with van der Waals surface area (Å²) in [6, 6.07) is 12.8. The molecule has 0 fully saturated rings. The summed E-state index contributed by atoms with van der Waals surface area (Å²) < 4.78 is 10.0. The van der Waals surface area contributed by atoms with Gasteiger partial charge in [-0.3, -0.25) is 10.1 Å². The van der Waals surface area contributed by atoms with Gasteiger partial charge in [-0.15, -0.1) is 0 Å². The van der Waals surface area contributed by atoms with Gasteiger partial charge >= 0.3 is 17.3 Å². The van der Waals surface area contributed by atoms with E-state index < -0.39 is 22.2 Å². The maximum atomic E-state index is 12.1. The van der Waals surface area contributed by atoms with Crippen LogP contribution in [0.3, 0.4) is 0 Å². The summed E-state index contributed by atoms with van der Waals surface area (Å²) in [5.41, 5.74) is -1.18. The Morgan fingerprint density at radius 2 is 1.88 bits per heavy atom. The molecule has 0 atom stereocenters. The Morgan fingerprint density at radius 3 is 2.62 bits per heavy atom. The van der Waals surface area contributed by atoms with Crippen molar-refractivity contribution < 1.29 is 18.9 Å². The third-order valence-electron chi connectivity index (χ3n) is 3.65. The van der Waals surface area contributed by atoms with Gasteiger partial charge in [-0.05, 0) is 31.2 Å². The number of carbonyl (C=O) groups is 1. The molecule has 3 rings (SSSR count). The second-order valence-electron chi connectivity index (χ2n) is 5.26. The lowest BCUT2D eigenvalue weighted by molar-refractivity contribution is -0.386. The van der Waals surface area contributed by atoms with E-state index in [0.29, 0.717) is 5.39 Å². The van der Waals surface area contributed by atoms with Gasteiger partial charge < -0.3 is 14.5 Å². The largest absolute Gasteiger partial charge is 0.462 e. The molecule has 0 unspecified atom stereocenters. The Balaban J connectivity index is 2.21. The fourth-order valence-corrected chi connectivity index (χ4v) is 2.55. The molecule has 0 bridgehead atoms. The molecular weight excluding hydrogens is 340 g/mol. The minimum atomic E-state index is -1.08. The number of ether oxygens (including phenoxy) is 1. The molecule has 1 N–H and O–H groups in total. The number of hydrogen-bond donors (Lipinski definition) is 1. The standard InChI is InChI=1S/C18H14N2O6/c1-2-25-17(21)11-7-3-5-9-13(11)19-15-12-8-4-6-10-14(12)26-18(22)16(15)20(23)24/h3-10,19H,2H2,1H3. The molecule has 8 heteroatoms. The fourth-order valence-electron chi connectivity index (χ4n) is 2.55. The summed E-state index contributed by atoms with van der Waals surface area (Å²) in [6.07, 6.45) is 0. The van der Waals surface area contributed by atoms with Crippen molar-refractivity contribution in [3.8, 4) is 0 Å². The average molecular weight is 354 g/mol. The molecule has 0 aliphatic heterocycles. The number of rotatable bonds is 5. The van der Waals surface area contributed by atoms with Crippen molar-refractivity contribution >= 4 is 34.0 Å². The minimum Gasteiger partial charge on any atom is -0.462 e. The van der Waals surface area contributed by atoms with E-state index in [1.807, 2.05) is 0 Å². The van der Waals surface area contributed by atoms with Crippen molar-refractivity contribution in [2.75, 3.05) is 11.9 Å². The third kappa shape index (κ3) is 3.12. The highest BCUT2D eigenvalue weighted by atomic mass is 16.6. The Labute approximate surface area is 147 Å². The zero-order valence-electron chi connectivity index (χ0n) is 13.7. The van der Waals surface area contributed by atoms with E-state index in [1.165, 1.54) is 12.1 Å². The lowest BCUT2D eigenvalue weighted by Crippen LogP contribution is -2.12. The van der Waals surface area contributed by atoms with E-state index in [-0.39, 0.29) is 29.1 Å². The van der Waals surface area contributed by atoms with Gasteiger partial charge in [0.1, 0.15) is 11.3 Å². The maximum absolute atomic E-state index is 12.1. The molecule has 0 aliphatic carbocycles. The summed E-state index contributed by atoms with van der Waals surface area (Å²) in [5, 5.41) is 14.6. The smallest absolute Gasteiger partial charge is 0.417 e. The summed E-state index contributed by atoms with van der Waals surface area (Å²) in [6.45, 7) is 1.86. The van der Waals surface area contributed by atoms with Crippen LogP contribution in [-0.2, 0) is 4.74 Å². The number of nitro groups is 1. The van der Waals surface area contributed by atoms with Gasteiger partial charge in [0.05, 0.1) is 22.8 Å². The van der Waals surface area contributed by atoms with Gasteiger partial charge in [-0.2, -0.15) is 0 Å². The van der Waals surface area contributed by atoms with Crippen molar-refractivity contribution in [3.05, 3.63) is 74.6 Å². The maximum Gasteiger partial charge on any atom is 0.417 e. The highest BCUT2D eigenvalue weighted by Gasteiger charge is 2.26. The summed E-state index contributed by atoms with van der Waals surface area (Å²) in [5.74, 6) is -0.578. The second-order valence-corrected chi connectivity index (χ2v) is 5.26. The zero-order valence-corrected chi connectivity index (χ0v) is 13.7. The molecule has 0 saturated heterocycles. The van der Waals surface area contributed by atoms with Crippen molar-refractivity contribution in [2.24, 2.45) is 0 Å². The number of nitrogens with one attached hydrogen (secondary N) is 1. The molecular formula is C18H14N2O6. The predicted octanol–water partition coefficient (Wildman–Crippen LogP) is 3.62. The molecule has 26 heavy (non-hydrogen) atoms. The van der Waals surface area contributed by atoms with Crippen LogP contribution in [0.4, 0.5) is 17.1 Å². The molecule has 0 radical (unpaired) electrons. The van der Waals surface area contributed by atoms with Crippen LogP contribution in [-0.4, -0.2) is 17.5 Å².